The molecule has 16 heavy (non-hydrogen) atoms. The molecule has 87 valence electrons. The Kier molecular flexibility index (Phi) is 4.52. The van der Waals surface area contributed by atoms with Crippen molar-refractivity contribution in [2.75, 3.05) is 0 Å². The molecule has 4 nitrogen and oxygen atoms in total. The van der Waals surface area contributed by atoms with Crippen LogP contribution in [0.15, 0.2) is 35.4 Å². The van der Waals surface area contributed by atoms with Gasteiger partial charge in [-0.2, -0.15) is 8.42 Å². The molecule has 0 saturated carbocycles. The summed E-state index contributed by atoms with van der Waals surface area (Å²) >= 11 is 0. The van der Waals surface area contributed by atoms with Gasteiger partial charge in [0.15, 0.2) is 0 Å². The van der Waals surface area contributed by atoms with Gasteiger partial charge in [0.05, 0.1) is 4.90 Å². The molecule has 0 heterocycles. The molecule has 0 aromatic heterocycles. The first-order valence-electron chi connectivity index (χ1n) is 4.86. The lowest BCUT2D eigenvalue weighted by Crippen LogP contribution is -1.98. The quantitative estimate of drug-likeness (QED) is 0.610. The molecule has 0 amide bonds. The molecule has 0 aliphatic rings. The molecule has 0 spiro atoms. The predicted octanol–water partition coefficient (Wildman–Crippen LogP) is 2.07. The molecule has 1 radical (unpaired) electrons. The van der Waals surface area contributed by atoms with E-state index in [2.05, 4.69) is 5.32 Å². The molecule has 1 aromatic rings. The van der Waals surface area contributed by atoms with Crippen LogP contribution in [0.4, 0.5) is 0 Å². The van der Waals surface area contributed by atoms with E-state index in [-0.39, 0.29) is 4.90 Å². The monoisotopic (exact) mass is 240 g/mol. The van der Waals surface area contributed by atoms with Gasteiger partial charge in [-0.3, -0.25) is 4.55 Å². The van der Waals surface area contributed by atoms with Crippen molar-refractivity contribution in [2.45, 2.75) is 18.2 Å². The van der Waals surface area contributed by atoms with Crippen molar-refractivity contribution in [1.82, 2.24) is 5.32 Å². The zero-order valence-electron chi connectivity index (χ0n) is 8.92. The van der Waals surface area contributed by atoms with Gasteiger partial charge in [-0.05, 0) is 36.4 Å². The fourth-order valence-corrected chi connectivity index (χ4v) is 1.56. The fourth-order valence-electron chi connectivity index (χ4n) is 1.08. The average Bonchev–Trinajstić information content (AvgIpc) is 2.24. The smallest absolute Gasteiger partial charge is 0.294 e. The van der Waals surface area contributed by atoms with Crippen molar-refractivity contribution in [2.24, 2.45) is 0 Å². The Morgan fingerprint density at radius 3 is 2.44 bits per heavy atom. The highest BCUT2D eigenvalue weighted by Gasteiger charge is 2.07. The summed E-state index contributed by atoms with van der Waals surface area (Å²) in [6.07, 6.45) is 4.48. The van der Waals surface area contributed by atoms with E-state index in [9.17, 15) is 8.42 Å². The van der Waals surface area contributed by atoms with Gasteiger partial charge in [0.1, 0.15) is 0 Å². The molecule has 0 aliphatic heterocycles. The summed E-state index contributed by atoms with van der Waals surface area (Å²) in [6, 6.07) is 5.96. The molecule has 5 heteroatoms. The zero-order valence-corrected chi connectivity index (χ0v) is 9.74. The van der Waals surface area contributed by atoms with Crippen LogP contribution in [0.2, 0.25) is 0 Å². The van der Waals surface area contributed by atoms with Crippen LogP contribution in [0.3, 0.4) is 0 Å². The minimum atomic E-state index is -4.09. The Labute approximate surface area is 95.7 Å². The van der Waals surface area contributed by atoms with Crippen LogP contribution in [0.25, 0.3) is 6.08 Å². The summed E-state index contributed by atoms with van der Waals surface area (Å²) in [5.74, 6) is 0. The van der Waals surface area contributed by atoms with Crippen molar-refractivity contribution in [3.8, 4) is 0 Å². The summed E-state index contributed by atoms with van der Waals surface area (Å²) < 4.78 is 30.3. The number of rotatable bonds is 5. The Morgan fingerprint density at radius 2 is 1.94 bits per heavy atom. The van der Waals surface area contributed by atoms with Gasteiger partial charge in [0.2, 0.25) is 0 Å². The molecule has 0 unspecified atom stereocenters. The largest absolute Gasteiger partial charge is 0.386 e. The van der Waals surface area contributed by atoms with Gasteiger partial charge in [-0.1, -0.05) is 19.1 Å². The third kappa shape index (κ3) is 4.04. The SMILES string of the molecule is CC[CH]NC=Cc1ccc(S(=O)(=O)O)cc1. The fraction of sp³-hybridized carbons (Fsp3) is 0.182. The van der Waals surface area contributed by atoms with E-state index in [0.29, 0.717) is 0 Å². The van der Waals surface area contributed by atoms with E-state index in [1.807, 2.05) is 13.5 Å². The number of hydrogen-bond acceptors (Lipinski definition) is 3. The van der Waals surface area contributed by atoms with Gasteiger partial charge >= 0.3 is 0 Å². The lowest BCUT2D eigenvalue weighted by Gasteiger charge is -1.98. The standard InChI is InChI=1S/C11H14NO3S/c1-2-8-12-9-7-10-3-5-11(6-4-10)16(13,14)15/h3-9,12H,2H2,1H3,(H,13,14,15). The normalized spacial score (nSPS) is 11.9. The van der Waals surface area contributed by atoms with E-state index in [0.717, 1.165) is 12.0 Å². The van der Waals surface area contributed by atoms with Gasteiger partial charge < -0.3 is 5.32 Å². The van der Waals surface area contributed by atoms with Gasteiger partial charge in [0.25, 0.3) is 10.1 Å². The molecule has 0 saturated heterocycles. The maximum absolute atomic E-state index is 10.8. The highest BCUT2D eigenvalue weighted by Crippen LogP contribution is 2.10. The first-order chi connectivity index (χ1) is 7.54. The molecule has 0 bridgehead atoms. The van der Waals surface area contributed by atoms with E-state index in [1.165, 1.54) is 12.1 Å². The third-order valence-corrected chi connectivity index (χ3v) is 2.74. The van der Waals surface area contributed by atoms with Crippen molar-refractivity contribution >= 4 is 16.2 Å². The summed E-state index contributed by atoms with van der Waals surface area (Å²) in [5, 5.41) is 2.96. The van der Waals surface area contributed by atoms with Gasteiger partial charge in [-0.25, -0.2) is 0 Å². The number of benzene rings is 1. The van der Waals surface area contributed by atoms with Crippen molar-refractivity contribution in [3.05, 3.63) is 42.6 Å². The summed E-state index contributed by atoms with van der Waals surface area (Å²) in [6.45, 7) is 3.91. The second kappa shape index (κ2) is 5.67. The van der Waals surface area contributed by atoms with E-state index < -0.39 is 10.1 Å². The molecular weight excluding hydrogens is 226 g/mol. The molecule has 0 fully saturated rings. The van der Waals surface area contributed by atoms with Crippen LogP contribution in [0.5, 0.6) is 0 Å². The van der Waals surface area contributed by atoms with Crippen molar-refractivity contribution in [1.29, 1.82) is 0 Å². The minimum absolute atomic E-state index is 0.0993. The van der Waals surface area contributed by atoms with Crippen LogP contribution in [-0.2, 0) is 10.1 Å². The van der Waals surface area contributed by atoms with Crippen LogP contribution < -0.4 is 5.32 Å². The van der Waals surface area contributed by atoms with Crippen LogP contribution in [0, 0.1) is 6.54 Å². The van der Waals surface area contributed by atoms with Crippen LogP contribution in [-0.4, -0.2) is 13.0 Å². The maximum atomic E-state index is 10.8. The minimum Gasteiger partial charge on any atom is -0.386 e. The van der Waals surface area contributed by atoms with E-state index in [4.69, 9.17) is 4.55 Å². The highest BCUT2D eigenvalue weighted by atomic mass is 32.2. The Hall–Kier alpha value is -1.33. The predicted molar refractivity (Wildman–Crippen MR) is 63.0 cm³/mol. The highest BCUT2D eigenvalue weighted by molar-refractivity contribution is 7.85. The molecule has 1 rings (SSSR count). The number of nitrogens with one attached hydrogen (secondary N) is 1. The maximum Gasteiger partial charge on any atom is 0.294 e. The van der Waals surface area contributed by atoms with Crippen LogP contribution in [0.1, 0.15) is 18.9 Å². The second-order valence-corrected chi connectivity index (χ2v) is 4.58. The topological polar surface area (TPSA) is 66.4 Å². The average molecular weight is 240 g/mol. The third-order valence-electron chi connectivity index (χ3n) is 1.87. The molecule has 0 atom stereocenters. The molecule has 0 aliphatic carbocycles. The van der Waals surface area contributed by atoms with Crippen molar-refractivity contribution in [3.63, 3.8) is 0 Å². The number of hydrogen-bond donors (Lipinski definition) is 2. The summed E-state index contributed by atoms with van der Waals surface area (Å²) in [4.78, 5) is -0.0993. The van der Waals surface area contributed by atoms with E-state index in [1.54, 1.807) is 24.4 Å². The molecular formula is C11H14NO3S. The molecule has 1 aromatic carbocycles. The Balaban J connectivity index is 2.69. The summed E-state index contributed by atoms with van der Waals surface area (Å²) in [5.41, 5.74) is 0.851. The van der Waals surface area contributed by atoms with Crippen LogP contribution >= 0.6 is 0 Å². The first-order valence-corrected chi connectivity index (χ1v) is 6.30. The Morgan fingerprint density at radius 1 is 1.31 bits per heavy atom. The van der Waals surface area contributed by atoms with Crippen molar-refractivity contribution < 1.29 is 13.0 Å². The Bertz CT molecular complexity index is 449. The lowest BCUT2D eigenvalue weighted by atomic mass is 10.2. The van der Waals surface area contributed by atoms with Gasteiger partial charge in [-0.15, -0.1) is 0 Å². The molecule has 2 N–H and O–H groups in total. The van der Waals surface area contributed by atoms with Gasteiger partial charge in [0, 0.05) is 6.54 Å². The zero-order chi connectivity index (χ0) is 12.0. The summed E-state index contributed by atoms with van der Waals surface area (Å²) in [7, 11) is -4.09. The lowest BCUT2D eigenvalue weighted by molar-refractivity contribution is 0.483. The first kappa shape index (κ1) is 12.7. The second-order valence-electron chi connectivity index (χ2n) is 3.16. The van der Waals surface area contributed by atoms with E-state index >= 15 is 0 Å².